The van der Waals surface area contributed by atoms with Crippen molar-refractivity contribution in [1.29, 1.82) is 0 Å². The van der Waals surface area contributed by atoms with Crippen molar-refractivity contribution in [3.63, 3.8) is 0 Å². The van der Waals surface area contributed by atoms with Crippen molar-refractivity contribution in [2.75, 3.05) is 26.4 Å². The van der Waals surface area contributed by atoms with Crippen LogP contribution in [0.5, 0.6) is 5.75 Å². The monoisotopic (exact) mass is 315 g/mol. The summed E-state index contributed by atoms with van der Waals surface area (Å²) in [6.45, 7) is 4.79. The molecule has 0 aliphatic carbocycles. The molecule has 18 heavy (non-hydrogen) atoms. The third-order valence-electron chi connectivity index (χ3n) is 2.58. The Balaban J connectivity index is 2.40. The smallest absolute Gasteiger partial charge is 0.136 e. The van der Waals surface area contributed by atoms with Gasteiger partial charge in [0, 0.05) is 6.61 Å². The molecule has 102 valence electrons. The molecular weight excluding hydrogens is 294 g/mol. The Bertz CT molecular complexity index is 345. The predicted molar refractivity (Wildman–Crippen MR) is 78.1 cm³/mol. The molecule has 0 atom stereocenters. The van der Waals surface area contributed by atoms with Crippen LogP contribution < -0.4 is 10.5 Å². The van der Waals surface area contributed by atoms with Gasteiger partial charge in [-0.05, 0) is 46.9 Å². The molecule has 3 nitrogen and oxygen atoms in total. The maximum Gasteiger partial charge on any atom is 0.136 e. The summed E-state index contributed by atoms with van der Waals surface area (Å²) in [6, 6.07) is 6.03. The van der Waals surface area contributed by atoms with Crippen LogP contribution in [-0.2, 0) is 11.2 Å². The van der Waals surface area contributed by atoms with Crippen LogP contribution in [0.25, 0.3) is 0 Å². The van der Waals surface area contributed by atoms with E-state index in [-0.39, 0.29) is 0 Å². The van der Waals surface area contributed by atoms with Crippen molar-refractivity contribution in [2.45, 2.75) is 26.2 Å². The largest absolute Gasteiger partial charge is 0.490 e. The lowest BCUT2D eigenvalue weighted by Gasteiger charge is -2.13. The molecule has 1 rings (SSSR count). The van der Waals surface area contributed by atoms with Gasteiger partial charge in [-0.15, -0.1) is 0 Å². The number of para-hydroxylation sites is 1. The van der Waals surface area contributed by atoms with Crippen LogP contribution in [0.1, 0.15) is 25.3 Å². The Kier molecular flexibility index (Phi) is 8.05. The lowest BCUT2D eigenvalue weighted by atomic mass is 10.1. The van der Waals surface area contributed by atoms with Crippen molar-refractivity contribution in [2.24, 2.45) is 5.73 Å². The zero-order valence-electron chi connectivity index (χ0n) is 11.0. The van der Waals surface area contributed by atoms with Gasteiger partial charge in [-0.25, -0.2) is 0 Å². The summed E-state index contributed by atoms with van der Waals surface area (Å²) in [7, 11) is 0. The fourth-order valence-corrected chi connectivity index (χ4v) is 2.14. The van der Waals surface area contributed by atoms with Crippen LogP contribution in [0.3, 0.4) is 0 Å². The Hall–Kier alpha value is -0.580. The first-order chi connectivity index (χ1) is 8.79. The van der Waals surface area contributed by atoms with Crippen LogP contribution in [0.4, 0.5) is 0 Å². The van der Waals surface area contributed by atoms with Gasteiger partial charge >= 0.3 is 0 Å². The standard InChI is InChI=1S/C14H22BrNO2/c1-2-3-9-17-10-11-18-14-12(7-8-16)5-4-6-13(14)15/h4-6H,2-3,7-11,16H2,1H3. The van der Waals surface area contributed by atoms with E-state index in [1.165, 1.54) is 0 Å². The molecule has 0 aliphatic heterocycles. The van der Waals surface area contributed by atoms with Crippen molar-refractivity contribution >= 4 is 15.9 Å². The highest BCUT2D eigenvalue weighted by molar-refractivity contribution is 9.10. The van der Waals surface area contributed by atoms with Gasteiger partial charge in [-0.2, -0.15) is 0 Å². The summed E-state index contributed by atoms with van der Waals surface area (Å²) in [5.41, 5.74) is 6.73. The van der Waals surface area contributed by atoms with E-state index in [1.807, 2.05) is 18.2 Å². The number of nitrogens with two attached hydrogens (primary N) is 1. The van der Waals surface area contributed by atoms with E-state index in [0.29, 0.717) is 19.8 Å². The maximum absolute atomic E-state index is 5.77. The Morgan fingerprint density at radius 2 is 2.06 bits per heavy atom. The van der Waals surface area contributed by atoms with Gasteiger partial charge in [-0.3, -0.25) is 0 Å². The van der Waals surface area contributed by atoms with Crippen LogP contribution in [0.2, 0.25) is 0 Å². The lowest BCUT2D eigenvalue weighted by Crippen LogP contribution is -2.10. The van der Waals surface area contributed by atoms with E-state index in [9.17, 15) is 0 Å². The second-order valence-electron chi connectivity index (χ2n) is 4.08. The van der Waals surface area contributed by atoms with Gasteiger partial charge in [0.2, 0.25) is 0 Å². The summed E-state index contributed by atoms with van der Waals surface area (Å²) in [4.78, 5) is 0. The quantitative estimate of drug-likeness (QED) is 0.712. The molecule has 0 unspecified atom stereocenters. The fraction of sp³-hybridized carbons (Fsp3) is 0.571. The molecule has 0 heterocycles. The molecule has 0 saturated heterocycles. The fourth-order valence-electron chi connectivity index (χ4n) is 1.62. The van der Waals surface area contributed by atoms with Crippen LogP contribution >= 0.6 is 15.9 Å². The molecule has 0 spiro atoms. The number of benzene rings is 1. The van der Waals surface area contributed by atoms with Gasteiger partial charge < -0.3 is 15.2 Å². The Labute approximate surface area is 118 Å². The van der Waals surface area contributed by atoms with Gasteiger partial charge in [-0.1, -0.05) is 25.5 Å². The molecule has 0 radical (unpaired) electrons. The summed E-state index contributed by atoms with van der Waals surface area (Å²) in [6.07, 6.45) is 3.09. The number of hydrogen-bond acceptors (Lipinski definition) is 3. The number of unbranched alkanes of at least 4 members (excludes halogenated alkanes) is 1. The maximum atomic E-state index is 5.77. The summed E-state index contributed by atoms with van der Waals surface area (Å²) >= 11 is 3.50. The average Bonchev–Trinajstić information content (AvgIpc) is 2.36. The van der Waals surface area contributed by atoms with Gasteiger partial charge in [0.05, 0.1) is 11.1 Å². The highest BCUT2D eigenvalue weighted by atomic mass is 79.9. The summed E-state index contributed by atoms with van der Waals surface area (Å²) < 4.78 is 12.2. The number of halogens is 1. The molecule has 0 fully saturated rings. The molecule has 0 aliphatic rings. The van der Waals surface area contributed by atoms with E-state index in [4.69, 9.17) is 15.2 Å². The van der Waals surface area contributed by atoms with E-state index in [0.717, 1.165) is 41.7 Å². The third-order valence-corrected chi connectivity index (χ3v) is 3.20. The van der Waals surface area contributed by atoms with E-state index < -0.39 is 0 Å². The van der Waals surface area contributed by atoms with E-state index >= 15 is 0 Å². The van der Waals surface area contributed by atoms with Crippen molar-refractivity contribution in [3.8, 4) is 5.75 Å². The highest BCUT2D eigenvalue weighted by Gasteiger charge is 2.07. The first kappa shape index (κ1) is 15.5. The second-order valence-corrected chi connectivity index (χ2v) is 4.94. The predicted octanol–water partition coefficient (Wildman–Crippen LogP) is 3.15. The SMILES string of the molecule is CCCCOCCOc1c(Br)cccc1CCN. The zero-order chi connectivity index (χ0) is 13.2. The Morgan fingerprint density at radius 1 is 1.22 bits per heavy atom. The molecule has 0 aromatic heterocycles. The first-order valence-electron chi connectivity index (χ1n) is 6.47. The van der Waals surface area contributed by atoms with Crippen LogP contribution in [0.15, 0.2) is 22.7 Å². The number of ether oxygens (including phenoxy) is 2. The highest BCUT2D eigenvalue weighted by Crippen LogP contribution is 2.29. The van der Waals surface area contributed by atoms with Gasteiger partial charge in [0.25, 0.3) is 0 Å². The van der Waals surface area contributed by atoms with Crippen LogP contribution in [-0.4, -0.2) is 26.4 Å². The lowest BCUT2D eigenvalue weighted by molar-refractivity contribution is 0.0975. The topological polar surface area (TPSA) is 44.5 Å². The van der Waals surface area contributed by atoms with Crippen molar-refractivity contribution in [1.82, 2.24) is 0 Å². The van der Waals surface area contributed by atoms with Gasteiger partial charge in [0.15, 0.2) is 0 Å². The molecule has 0 saturated carbocycles. The third kappa shape index (κ3) is 5.38. The zero-order valence-corrected chi connectivity index (χ0v) is 12.5. The average molecular weight is 316 g/mol. The first-order valence-corrected chi connectivity index (χ1v) is 7.27. The minimum absolute atomic E-state index is 0.573. The minimum atomic E-state index is 0.573. The normalized spacial score (nSPS) is 10.6. The Morgan fingerprint density at radius 3 is 2.78 bits per heavy atom. The molecule has 2 N–H and O–H groups in total. The number of hydrogen-bond donors (Lipinski definition) is 1. The summed E-state index contributed by atoms with van der Waals surface area (Å²) in [5, 5.41) is 0. The molecule has 0 amide bonds. The van der Waals surface area contributed by atoms with Gasteiger partial charge in [0.1, 0.15) is 12.4 Å². The summed E-state index contributed by atoms with van der Waals surface area (Å²) in [5.74, 6) is 0.891. The van der Waals surface area contributed by atoms with E-state index in [2.05, 4.69) is 22.9 Å². The second kappa shape index (κ2) is 9.36. The number of rotatable bonds is 9. The molecule has 4 heteroatoms. The molecule has 1 aromatic rings. The van der Waals surface area contributed by atoms with Crippen molar-refractivity contribution < 1.29 is 9.47 Å². The minimum Gasteiger partial charge on any atom is -0.490 e. The molecule has 0 bridgehead atoms. The van der Waals surface area contributed by atoms with Crippen molar-refractivity contribution in [3.05, 3.63) is 28.2 Å². The molecular formula is C14H22BrNO2. The van der Waals surface area contributed by atoms with E-state index in [1.54, 1.807) is 0 Å². The molecule has 1 aromatic carbocycles. The van der Waals surface area contributed by atoms with Crippen LogP contribution in [0, 0.1) is 0 Å².